The fourth-order valence-electron chi connectivity index (χ4n) is 1.93. The summed E-state index contributed by atoms with van der Waals surface area (Å²) in [5.74, 6) is -0.125. The summed E-state index contributed by atoms with van der Waals surface area (Å²) in [6.07, 6.45) is 0. The molecule has 0 unspecified atom stereocenters. The van der Waals surface area contributed by atoms with Crippen molar-refractivity contribution in [2.24, 2.45) is 5.73 Å². The predicted molar refractivity (Wildman–Crippen MR) is 80.4 cm³/mol. The average molecular weight is 282 g/mol. The number of hydrogen-bond donors (Lipinski definition) is 3. The summed E-state index contributed by atoms with van der Waals surface area (Å²) in [6, 6.07) is 11.9. The van der Waals surface area contributed by atoms with Gasteiger partial charge in [-0.15, -0.1) is 0 Å². The number of rotatable bonds is 4. The summed E-state index contributed by atoms with van der Waals surface area (Å²) in [4.78, 5) is 11.5. The van der Waals surface area contributed by atoms with E-state index < -0.39 is 5.91 Å². The summed E-state index contributed by atoms with van der Waals surface area (Å²) in [5.41, 5.74) is 13.0. The number of nitrogen functional groups attached to an aromatic ring is 1. The first-order chi connectivity index (χ1) is 10.1. The predicted octanol–water partition coefficient (Wildman–Crippen LogP) is 1.99. The van der Waals surface area contributed by atoms with E-state index in [0.717, 1.165) is 0 Å². The molecular formula is C15H14N4O2. The van der Waals surface area contributed by atoms with E-state index in [0.29, 0.717) is 28.4 Å². The number of nitriles is 1. The van der Waals surface area contributed by atoms with E-state index in [1.807, 2.05) is 0 Å². The number of carbonyl (C=O) groups is 1. The molecule has 0 aromatic heterocycles. The number of ether oxygens (including phenoxy) is 1. The lowest BCUT2D eigenvalue weighted by Gasteiger charge is -2.15. The molecule has 6 nitrogen and oxygen atoms in total. The molecule has 0 atom stereocenters. The Hall–Kier alpha value is -3.20. The Morgan fingerprint density at radius 3 is 2.71 bits per heavy atom. The van der Waals surface area contributed by atoms with Gasteiger partial charge < -0.3 is 21.5 Å². The number of methoxy groups -OCH3 is 1. The standard InChI is InChI=1S/C15H14N4O2/c1-21-13-4-2-3-9(8-16)14(13)19-12-6-5-10(17)7-11(12)15(18)20/h2-7,19H,17H2,1H3,(H2,18,20). The van der Waals surface area contributed by atoms with Gasteiger partial charge in [0.25, 0.3) is 5.91 Å². The zero-order chi connectivity index (χ0) is 15.4. The minimum Gasteiger partial charge on any atom is -0.495 e. The number of benzene rings is 2. The normalized spacial score (nSPS) is 9.71. The molecule has 106 valence electrons. The molecule has 0 saturated carbocycles. The maximum atomic E-state index is 11.5. The van der Waals surface area contributed by atoms with Crippen molar-refractivity contribution in [3.63, 3.8) is 0 Å². The second-order valence-electron chi connectivity index (χ2n) is 4.29. The Morgan fingerprint density at radius 1 is 1.33 bits per heavy atom. The Labute approximate surface area is 121 Å². The third kappa shape index (κ3) is 2.87. The molecule has 2 rings (SSSR count). The van der Waals surface area contributed by atoms with E-state index in [1.165, 1.54) is 13.2 Å². The van der Waals surface area contributed by atoms with Crippen LogP contribution in [-0.2, 0) is 0 Å². The van der Waals surface area contributed by atoms with Crippen LogP contribution >= 0.6 is 0 Å². The van der Waals surface area contributed by atoms with Crippen LogP contribution in [0.25, 0.3) is 0 Å². The Morgan fingerprint density at radius 2 is 2.10 bits per heavy atom. The Kier molecular flexibility index (Phi) is 3.95. The number of primary amides is 1. The van der Waals surface area contributed by atoms with E-state index in [2.05, 4.69) is 11.4 Å². The molecule has 0 spiro atoms. The molecule has 0 heterocycles. The topological polar surface area (TPSA) is 114 Å². The SMILES string of the molecule is COc1cccc(C#N)c1Nc1ccc(N)cc1C(N)=O. The first-order valence-corrected chi connectivity index (χ1v) is 6.10. The van der Waals surface area contributed by atoms with Crippen molar-refractivity contribution in [3.8, 4) is 11.8 Å². The van der Waals surface area contributed by atoms with Crippen molar-refractivity contribution in [3.05, 3.63) is 47.5 Å². The van der Waals surface area contributed by atoms with Gasteiger partial charge in [-0.2, -0.15) is 5.26 Å². The van der Waals surface area contributed by atoms with Gasteiger partial charge >= 0.3 is 0 Å². The van der Waals surface area contributed by atoms with Crippen LogP contribution in [0.5, 0.6) is 5.75 Å². The second-order valence-corrected chi connectivity index (χ2v) is 4.29. The maximum absolute atomic E-state index is 11.5. The molecule has 0 aliphatic carbocycles. The molecule has 0 bridgehead atoms. The van der Waals surface area contributed by atoms with Crippen molar-refractivity contribution < 1.29 is 9.53 Å². The van der Waals surface area contributed by atoms with Gasteiger partial charge in [0.15, 0.2) is 0 Å². The smallest absolute Gasteiger partial charge is 0.250 e. The molecule has 21 heavy (non-hydrogen) atoms. The molecule has 1 amide bonds. The second kappa shape index (κ2) is 5.84. The largest absolute Gasteiger partial charge is 0.495 e. The average Bonchev–Trinajstić information content (AvgIpc) is 2.48. The molecule has 2 aromatic carbocycles. The number of nitrogens with zero attached hydrogens (tertiary/aromatic N) is 1. The molecule has 0 fully saturated rings. The Bertz CT molecular complexity index is 735. The summed E-state index contributed by atoms with van der Waals surface area (Å²) in [7, 11) is 1.50. The highest BCUT2D eigenvalue weighted by atomic mass is 16.5. The van der Waals surface area contributed by atoms with Crippen molar-refractivity contribution in [1.29, 1.82) is 5.26 Å². The van der Waals surface area contributed by atoms with Gasteiger partial charge in [0.1, 0.15) is 11.8 Å². The lowest BCUT2D eigenvalue weighted by atomic mass is 10.1. The number of carbonyl (C=O) groups excluding carboxylic acids is 1. The lowest BCUT2D eigenvalue weighted by molar-refractivity contribution is 0.100. The first kappa shape index (κ1) is 14.2. The molecule has 0 aliphatic rings. The number of para-hydroxylation sites is 1. The molecular weight excluding hydrogens is 268 g/mol. The van der Waals surface area contributed by atoms with E-state index in [-0.39, 0.29) is 5.56 Å². The van der Waals surface area contributed by atoms with Gasteiger partial charge in [-0.3, -0.25) is 4.79 Å². The highest BCUT2D eigenvalue weighted by molar-refractivity contribution is 6.00. The van der Waals surface area contributed by atoms with Gasteiger partial charge in [-0.25, -0.2) is 0 Å². The van der Waals surface area contributed by atoms with Crippen LogP contribution in [0.15, 0.2) is 36.4 Å². The van der Waals surface area contributed by atoms with Crippen LogP contribution in [0.4, 0.5) is 17.1 Å². The number of anilines is 3. The highest BCUT2D eigenvalue weighted by Gasteiger charge is 2.13. The number of nitrogens with two attached hydrogens (primary N) is 2. The molecule has 2 aromatic rings. The molecule has 0 radical (unpaired) electrons. The van der Waals surface area contributed by atoms with Gasteiger partial charge in [0.2, 0.25) is 0 Å². The number of nitrogens with one attached hydrogen (secondary N) is 1. The van der Waals surface area contributed by atoms with E-state index in [4.69, 9.17) is 16.2 Å². The molecule has 6 heteroatoms. The monoisotopic (exact) mass is 282 g/mol. The third-order valence-electron chi connectivity index (χ3n) is 2.94. The van der Waals surface area contributed by atoms with Crippen molar-refractivity contribution in [1.82, 2.24) is 0 Å². The zero-order valence-corrected chi connectivity index (χ0v) is 11.4. The Balaban J connectivity index is 2.53. The number of hydrogen-bond acceptors (Lipinski definition) is 5. The molecule has 0 saturated heterocycles. The van der Waals surface area contributed by atoms with Gasteiger partial charge in [-0.1, -0.05) is 6.07 Å². The quantitative estimate of drug-likeness (QED) is 0.742. The fraction of sp³-hybridized carbons (Fsp3) is 0.0667. The third-order valence-corrected chi connectivity index (χ3v) is 2.94. The van der Waals surface area contributed by atoms with Crippen LogP contribution in [0, 0.1) is 11.3 Å². The summed E-state index contributed by atoms with van der Waals surface area (Å²) < 4.78 is 5.23. The van der Waals surface area contributed by atoms with E-state index >= 15 is 0 Å². The fourth-order valence-corrected chi connectivity index (χ4v) is 1.93. The van der Waals surface area contributed by atoms with Crippen LogP contribution in [0.2, 0.25) is 0 Å². The molecule has 0 aliphatic heterocycles. The molecule has 5 N–H and O–H groups in total. The van der Waals surface area contributed by atoms with Crippen LogP contribution in [-0.4, -0.2) is 13.0 Å². The zero-order valence-electron chi connectivity index (χ0n) is 11.4. The van der Waals surface area contributed by atoms with Crippen LogP contribution in [0.3, 0.4) is 0 Å². The van der Waals surface area contributed by atoms with Crippen molar-refractivity contribution in [2.75, 3.05) is 18.2 Å². The minimum atomic E-state index is -0.613. The van der Waals surface area contributed by atoms with Gasteiger partial charge in [0.05, 0.1) is 29.6 Å². The van der Waals surface area contributed by atoms with Gasteiger partial charge in [-0.05, 0) is 30.3 Å². The van der Waals surface area contributed by atoms with E-state index in [9.17, 15) is 10.1 Å². The van der Waals surface area contributed by atoms with Gasteiger partial charge in [0, 0.05) is 5.69 Å². The summed E-state index contributed by atoms with van der Waals surface area (Å²) in [5, 5.41) is 12.2. The number of amides is 1. The first-order valence-electron chi connectivity index (χ1n) is 6.10. The lowest BCUT2D eigenvalue weighted by Crippen LogP contribution is -2.14. The minimum absolute atomic E-state index is 0.241. The van der Waals surface area contributed by atoms with Crippen molar-refractivity contribution in [2.45, 2.75) is 0 Å². The van der Waals surface area contributed by atoms with Crippen LogP contribution < -0.4 is 21.5 Å². The highest BCUT2D eigenvalue weighted by Crippen LogP contribution is 2.32. The maximum Gasteiger partial charge on any atom is 0.250 e. The summed E-state index contributed by atoms with van der Waals surface area (Å²) >= 11 is 0. The van der Waals surface area contributed by atoms with Crippen molar-refractivity contribution >= 4 is 23.0 Å². The van der Waals surface area contributed by atoms with Crippen LogP contribution in [0.1, 0.15) is 15.9 Å². The summed E-state index contributed by atoms with van der Waals surface area (Å²) in [6.45, 7) is 0. The van der Waals surface area contributed by atoms with E-state index in [1.54, 1.807) is 30.3 Å².